The molecule has 0 saturated carbocycles. The fourth-order valence-corrected chi connectivity index (χ4v) is 2.72. The van der Waals surface area contributed by atoms with E-state index < -0.39 is 0 Å². The van der Waals surface area contributed by atoms with E-state index in [1.54, 1.807) is 18.1 Å². The average Bonchev–Trinajstić information content (AvgIpc) is 2.62. The minimum Gasteiger partial charge on any atom is -0.497 e. The first-order valence-corrected chi connectivity index (χ1v) is 7.98. The molecule has 0 atom stereocenters. The molecule has 1 aliphatic rings. The van der Waals surface area contributed by atoms with Gasteiger partial charge in [0, 0.05) is 36.1 Å². The highest BCUT2D eigenvalue weighted by Gasteiger charge is 2.16. The fourth-order valence-electron chi connectivity index (χ4n) is 2.72. The Morgan fingerprint density at radius 1 is 1.33 bits per heavy atom. The van der Waals surface area contributed by atoms with Crippen molar-refractivity contribution in [2.75, 3.05) is 40.0 Å². The van der Waals surface area contributed by atoms with E-state index in [9.17, 15) is 9.59 Å². The van der Waals surface area contributed by atoms with Crippen LogP contribution in [0.25, 0.3) is 10.9 Å². The molecule has 1 aliphatic heterocycles. The zero-order valence-corrected chi connectivity index (χ0v) is 13.6. The third-order valence-corrected chi connectivity index (χ3v) is 4.10. The van der Waals surface area contributed by atoms with E-state index >= 15 is 0 Å². The number of carbonyl (C=O) groups excluding carboxylic acids is 1. The Balaban J connectivity index is 1.65. The SMILES string of the molecule is COc1ccc2[nH]c(=O)c(CCNC(=O)N3CCOCC3)cc2c1. The summed E-state index contributed by atoms with van der Waals surface area (Å²) in [6.45, 7) is 2.75. The standard InChI is InChI=1S/C17H21N3O4/c1-23-14-2-3-15-13(11-14)10-12(16(21)19-15)4-5-18-17(22)20-6-8-24-9-7-20/h2-3,10-11H,4-9H2,1H3,(H,18,22)(H,19,21). The number of benzene rings is 1. The van der Waals surface area contributed by atoms with E-state index in [2.05, 4.69) is 10.3 Å². The van der Waals surface area contributed by atoms with Gasteiger partial charge in [-0.1, -0.05) is 0 Å². The zero-order chi connectivity index (χ0) is 16.9. The van der Waals surface area contributed by atoms with Gasteiger partial charge in [0.05, 0.1) is 20.3 Å². The van der Waals surface area contributed by atoms with Crippen LogP contribution in [0.1, 0.15) is 5.56 Å². The number of amides is 2. The molecule has 128 valence electrons. The van der Waals surface area contributed by atoms with Gasteiger partial charge >= 0.3 is 6.03 Å². The minimum atomic E-state index is -0.131. The van der Waals surface area contributed by atoms with E-state index in [1.807, 2.05) is 18.2 Å². The summed E-state index contributed by atoms with van der Waals surface area (Å²) >= 11 is 0. The quantitative estimate of drug-likeness (QED) is 0.879. The summed E-state index contributed by atoms with van der Waals surface area (Å²) in [7, 11) is 1.61. The van der Waals surface area contributed by atoms with Gasteiger partial charge < -0.3 is 24.7 Å². The summed E-state index contributed by atoms with van der Waals surface area (Å²) in [4.78, 5) is 28.7. The van der Waals surface area contributed by atoms with Crippen molar-refractivity contribution >= 4 is 16.9 Å². The van der Waals surface area contributed by atoms with Crippen LogP contribution < -0.4 is 15.6 Å². The molecule has 1 aromatic carbocycles. The number of rotatable bonds is 4. The summed E-state index contributed by atoms with van der Waals surface area (Å²) in [5.74, 6) is 0.737. The maximum absolute atomic E-state index is 12.1. The normalized spacial score (nSPS) is 14.6. The van der Waals surface area contributed by atoms with Crippen LogP contribution in [0.15, 0.2) is 29.1 Å². The summed E-state index contributed by atoms with van der Waals surface area (Å²) < 4.78 is 10.4. The van der Waals surface area contributed by atoms with Crippen molar-refractivity contribution in [3.05, 3.63) is 40.2 Å². The third kappa shape index (κ3) is 3.68. The van der Waals surface area contributed by atoms with Gasteiger partial charge in [-0.2, -0.15) is 0 Å². The van der Waals surface area contributed by atoms with Gasteiger partial charge in [0.1, 0.15) is 5.75 Å². The topological polar surface area (TPSA) is 83.7 Å². The molecule has 0 bridgehead atoms. The largest absolute Gasteiger partial charge is 0.497 e. The van der Waals surface area contributed by atoms with Crippen molar-refractivity contribution in [1.82, 2.24) is 15.2 Å². The number of H-pyrrole nitrogens is 1. The van der Waals surface area contributed by atoms with Crippen molar-refractivity contribution in [2.24, 2.45) is 0 Å². The van der Waals surface area contributed by atoms with Gasteiger partial charge in [-0.25, -0.2) is 4.79 Å². The molecule has 2 heterocycles. The lowest BCUT2D eigenvalue weighted by atomic mass is 10.1. The number of aromatic nitrogens is 1. The molecule has 7 nitrogen and oxygen atoms in total. The Morgan fingerprint density at radius 2 is 2.12 bits per heavy atom. The second kappa shape index (κ2) is 7.35. The Hall–Kier alpha value is -2.54. The molecule has 1 fully saturated rings. The number of fused-ring (bicyclic) bond motifs is 1. The number of nitrogens with zero attached hydrogens (tertiary/aromatic N) is 1. The number of ether oxygens (including phenoxy) is 2. The number of methoxy groups -OCH3 is 1. The van der Waals surface area contributed by atoms with E-state index in [0.29, 0.717) is 44.8 Å². The minimum absolute atomic E-state index is 0.114. The van der Waals surface area contributed by atoms with E-state index in [0.717, 1.165) is 16.7 Å². The Morgan fingerprint density at radius 3 is 2.88 bits per heavy atom. The van der Waals surface area contributed by atoms with E-state index in [1.165, 1.54) is 0 Å². The number of hydrogen-bond acceptors (Lipinski definition) is 4. The summed E-state index contributed by atoms with van der Waals surface area (Å²) in [6, 6.07) is 7.23. The second-order valence-electron chi connectivity index (χ2n) is 5.66. The highest BCUT2D eigenvalue weighted by atomic mass is 16.5. The molecular weight excluding hydrogens is 310 g/mol. The van der Waals surface area contributed by atoms with E-state index in [-0.39, 0.29) is 11.6 Å². The first kappa shape index (κ1) is 16.3. The molecule has 3 rings (SSSR count). The van der Waals surface area contributed by atoms with Crippen LogP contribution in [0.4, 0.5) is 4.79 Å². The second-order valence-corrected chi connectivity index (χ2v) is 5.66. The maximum atomic E-state index is 12.1. The van der Waals surface area contributed by atoms with Gasteiger partial charge in [0.15, 0.2) is 0 Å². The predicted molar refractivity (Wildman–Crippen MR) is 90.6 cm³/mol. The number of morpholine rings is 1. The first-order valence-electron chi connectivity index (χ1n) is 7.98. The van der Waals surface area contributed by atoms with Crippen molar-refractivity contribution in [1.29, 1.82) is 0 Å². The molecule has 0 spiro atoms. The molecule has 1 saturated heterocycles. The molecule has 1 aromatic heterocycles. The number of urea groups is 1. The number of hydrogen-bond donors (Lipinski definition) is 2. The molecule has 2 amide bonds. The molecule has 7 heteroatoms. The van der Waals surface area contributed by atoms with Crippen LogP contribution >= 0.6 is 0 Å². The fraction of sp³-hybridized carbons (Fsp3) is 0.412. The predicted octanol–water partition coefficient (Wildman–Crippen LogP) is 1.12. The first-order chi connectivity index (χ1) is 11.7. The molecule has 2 N–H and O–H groups in total. The maximum Gasteiger partial charge on any atom is 0.317 e. The Bertz CT molecular complexity index is 781. The molecule has 0 unspecified atom stereocenters. The molecule has 0 aliphatic carbocycles. The highest BCUT2D eigenvalue weighted by Crippen LogP contribution is 2.18. The van der Waals surface area contributed by atoms with Crippen molar-refractivity contribution in [2.45, 2.75) is 6.42 Å². The van der Waals surface area contributed by atoms with Crippen LogP contribution in [0, 0.1) is 0 Å². The van der Waals surface area contributed by atoms with Gasteiger partial charge in [0.2, 0.25) is 0 Å². The number of aromatic amines is 1. The number of nitrogens with one attached hydrogen (secondary N) is 2. The van der Waals surface area contributed by atoms with Crippen molar-refractivity contribution in [3.8, 4) is 5.75 Å². The molecule has 0 radical (unpaired) electrons. The Kier molecular flexibility index (Phi) is 5.00. The summed E-state index contributed by atoms with van der Waals surface area (Å²) in [5.41, 5.74) is 1.27. The smallest absolute Gasteiger partial charge is 0.317 e. The lowest BCUT2D eigenvalue weighted by Gasteiger charge is -2.26. The van der Waals surface area contributed by atoms with Crippen LogP contribution in [-0.2, 0) is 11.2 Å². The van der Waals surface area contributed by atoms with Crippen LogP contribution in [0.2, 0.25) is 0 Å². The Labute approximate surface area is 139 Å². The van der Waals surface area contributed by atoms with E-state index in [4.69, 9.17) is 9.47 Å². The van der Waals surface area contributed by atoms with Gasteiger partial charge in [-0.15, -0.1) is 0 Å². The van der Waals surface area contributed by atoms with Gasteiger partial charge in [0.25, 0.3) is 5.56 Å². The summed E-state index contributed by atoms with van der Waals surface area (Å²) in [6.07, 6.45) is 0.471. The number of pyridine rings is 1. The lowest BCUT2D eigenvalue weighted by molar-refractivity contribution is 0.0533. The summed E-state index contributed by atoms with van der Waals surface area (Å²) in [5, 5.41) is 3.76. The van der Waals surface area contributed by atoms with Crippen molar-refractivity contribution < 1.29 is 14.3 Å². The van der Waals surface area contributed by atoms with Gasteiger partial charge in [-0.05, 0) is 30.7 Å². The lowest BCUT2D eigenvalue weighted by Crippen LogP contribution is -2.46. The van der Waals surface area contributed by atoms with Crippen LogP contribution in [-0.4, -0.2) is 55.9 Å². The molecular formula is C17H21N3O4. The zero-order valence-electron chi connectivity index (χ0n) is 13.6. The monoisotopic (exact) mass is 331 g/mol. The molecule has 2 aromatic rings. The number of carbonyl (C=O) groups is 1. The van der Waals surface area contributed by atoms with Gasteiger partial charge in [-0.3, -0.25) is 4.79 Å². The molecule has 24 heavy (non-hydrogen) atoms. The third-order valence-electron chi connectivity index (χ3n) is 4.10. The van der Waals surface area contributed by atoms with Crippen molar-refractivity contribution in [3.63, 3.8) is 0 Å². The average molecular weight is 331 g/mol. The van der Waals surface area contributed by atoms with Crippen LogP contribution in [0.3, 0.4) is 0 Å². The van der Waals surface area contributed by atoms with Crippen LogP contribution in [0.5, 0.6) is 5.75 Å². The highest BCUT2D eigenvalue weighted by molar-refractivity contribution is 5.80.